The third-order valence-electron chi connectivity index (χ3n) is 10.4. The second-order valence-electron chi connectivity index (χ2n) is 13.7. The highest BCUT2D eigenvalue weighted by atomic mass is 16.5. The fourth-order valence-corrected chi connectivity index (χ4v) is 7.52. The van der Waals surface area contributed by atoms with Crippen LogP contribution in [0, 0.1) is 5.92 Å². The van der Waals surface area contributed by atoms with Gasteiger partial charge in [0.05, 0.1) is 18.9 Å². The molecule has 3 fully saturated rings. The number of pyridine rings is 2. The van der Waals surface area contributed by atoms with Gasteiger partial charge >= 0.3 is 0 Å². The number of rotatable bonds is 8. The molecule has 0 unspecified atom stereocenters. The van der Waals surface area contributed by atoms with Crippen LogP contribution in [0.15, 0.2) is 71.9 Å². The van der Waals surface area contributed by atoms with E-state index in [0.29, 0.717) is 60.1 Å². The maximum absolute atomic E-state index is 13.4. The minimum Gasteiger partial charge on any atom is -0.493 e. The van der Waals surface area contributed by atoms with Crippen molar-refractivity contribution in [3.05, 3.63) is 83.0 Å². The zero-order valence-electron chi connectivity index (χ0n) is 28.7. The maximum Gasteiger partial charge on any atom is 0.259 e. The molecular formula is C39H43N5O6. The molecule has 0 spiro atoms. The quantitative estimate of drug-likeness (QED) is 0.247. The molecule has 5 heterocycles. The predicted octanol–water partition coefficient (Wildman–Crippen LogP) is 4.70. The third kappa shape index (κ3) is 7.00. The lowest BCUT2D eigenvalue weighted by Gasteiger charge is -2.37. The number of likely N-dealkylation sites (tertiary alicyclic amines) is 2. The number of hydrogen-bond acceptors (Lipinski definition) is 8. The van der Waals surface area contributed by atoms with Crippen molar-refractivity contribution in [2.75, 3.05) is 51.3 Å². The van der Waals surface area contributed by atoms with E-state index in [0.717, 1.165) is 61.8 Å². The van der Waals surface area contributed by atoms with Gasteiger partial charge < -0.3 is 28.7 Å². The number of carbonyl (C=O) groups is 3. The van der Waals surface area contributed by atoms with Crippen LogP contribution >= 0.6 is 0 Å². The van der Waals surface area contributed by atoms with Crippen molar-refractivity contribution in [2.24, 2.45) is 13.0 Å². The SMILES string of the molecule is COc1cc(-c2cn(C)c(=O)c3cnccc23)ccc1OC1CCN(CC2CCN(C(=O)c3cccc(N4CCC(=O)CC4=O)c3)CC2)CC1. The smallest absolute Gasteiger partial charge is 0.259 e. The number of benzene rings is 2. The number of anilines is 1. The van der Waals surface area contributed by atoms with E-state index in [1.165, 1.54) is 0 Å². The molecule has 0 atom stereocenters. The highest BCUT2D eigenvalue weighted by Gasteiger charge is 2.29. The van der Waals surface area contributed by atoms with E-state index in [2.05, 4.69) is 9.88 Å². The first-order valence-corrected chi connectivity index (χ1v) is 17.5. The van der Waals surface area contributed by atoms with Crippen LogP contribution in [0.25, 0.3) is 21.9 Å². The summed E-state index contributed by atoms with van der Waals surface area (Å²) in [6.07, 6.45) is 9.29. The molecule has 3 aliphatic rings. The summed E-state index contributed by atoms with van der Waals surface area (Å²) in [7, 11) is 3.40. The monoisotopic (exact) mass is 677 g/mol. The molecule has 0 N–H and O–H groups in total. The number of ketones is 1. The van der Waals surface area contributed by atoms with Gasteiger partial charge in [-0.25, -0.2) is 0 Å². The molecule has 11 heteroatoms. The number of ether oxygens (including phenoxy) is 2. The van der Waals surface area contributed by atoms with Crippen LogP contribution in [0.5, 0.6) is 11.5 Å². The average Bonchev–Trinajstić information content (AvgIpc) is 3.14. The first-order valence-electron chi connectivity index (χ1n) is 17.5. The summed E-state index contributed by atoms with van der Waals surface area (Å²) in [6.45, 7) is 4.71. The van der Waals surface area contributed by atoms with Crippen molar-refractivity contribution in [1.29, 1.82) is 0 Å². The highest BCUT2D eigenvalue weighted by molar-refractivity contribution is 6.09. The molecule has 2 aromatic carbocycles. The van der Waals surface area contributed by atoms with Crippen LogP contribution in [-0.2, 0) is 16.6 Å². The number of piperidine rings is 3. The van der Waals surface area contributed by atoms with Gasteiger partial charge in [0.2, 0.25) is 5.91 Å². The molecule has 0 radical (unpaired) electrons. The standard InChI is InChI=1S/C39H43N5O6/c1-41-25-34(32-8-14-40-23-33(32)39(41)48)27-6-7-35(36(21-27)49-2)50-31-12-15-42(16-13-31)24-26-9-17-43(18-10-26)38(47)28-4-3-5-29(20-28)44-19-11-30(45)22-37(44)46/h3-8,14,20-21,23,25-26,31H,9-13,15-19,22,24H2,1-2H3. The van der Waals surface area contributed by atoms with Crippen molar-refractivity contribution in [3.63, 3.8) is 0 Å². The van der Waals surface area contributed by atoms with Gasteiger partial charge in [-0.1, -0.05) is 12.1 Å². The summed E-state index contributed by atoms with van der Waals surface area (Å²) in [4.78, 5) is 60.3. The maximum atomic E-state index is 13.4. The van der Waals surface area contributed by atoms with E-state index in [1.54, 1.807) is 48.2 Å². The van der Waals surface area contributed by atoms with Crippen molar-refractivity contribution >= 4 is 34.1 Å². The number of hydrogen-bond donors (Lipinski definition) is 0. The number of amides is 2. The van der Waals surface area contributed by atoms with Gasteiger partial charge in [0.1, 0.15) is 11.9 Å². The molecule has 50 heavy (non-hydrogen) atoms. The van der Waals surface area contributed by atoms with Gasteiger partial charge in [-0.15, -0.1) is 0 Å². The Balaban J connectivity index is 0.902. The molecule has 7 rings (SSSR count). The van der Waals surface area contributed by atoms with Crippen molar-refractivity contribution in [3.8, 4) is 22.6 Å². The second-order valence-corrected chi connectivity index (χ2v) is 13.7. The molecule has 0 aliphatic carbocycles. The van der Waals surface area contributed by atoms with E-state index < -0.39 is 0 Å². The molecule has 2 aromatic heterocycles. The van der Waals surface area contributed by atoms with Gasteiger partial charge in [0.25, 0.3) is 11.5 Å². The Kier molecular flexibility index (Phi) is 9.67. The predicted molar refractivity (Wildman–Crippen MR) is 191 cm³/mol. The first-order chi connectivity index (χ1) is 24.3. The topological polar surface area (TPSA) is 114 Å². The zero-order chi connectivity index (χ0) is 34.8. The molecule has 0 bridgehead atoms. The van der Waals surface area contributed by atoms with Crippen LogP contribution in [0.3, 0.4) is 0 Å². The number of methoxy groups -OCH3 is 1. The number of carbonyl (C=O) groups excluding carboxylic acids is 3. The summed E-state index contributed by atoms with van der Waals surface area (Å²) >= 11 is 0. The van der Waals surface area contributed by atoms with Crippen molar-refractivity contribution in [2.45, 2.75) is 44.6 Å². The fraction of sp³-hybridized carbons (Fsp3) is 0.410. The van der Waals surface area contributed by atoms with Crippen LogP contribution in [0.1, 0.15) is 48.9 Å². The minimum absolute atomic E-state index is 0.00715. The first kappa shape index (κ1) is 33.5. The van der Waals surface area contributed by atoms with E-state index in [1.807, 2.05) is 47.5 Å². The minimum atomic E-state index is -0.206. The van der Waals surface area contributed by atoms with Gasteiger partial charge in [0, 0.05) is 88.1 Å². The van der Waals surface area contributed by atoms with Crippen LogP contribution in [0.2, 0.25) is 0 Å². The Morgan fingerprint density at radius 2 is 1.70 bits per heavy atom. The normalized spacial score (nSPS) is 18.1. The van der Waals surface area contributed by atoms with E-state index in [4.69, 9.17) is 9.47 Å². The summed E-state index contributed by atoms with van der Waals surface area (Å²) in [6, 6.07) is 15.0. The molecule has 260 valence electrons. The third-order valence-corrected chi connectivity index (χ3v) is 10.4. The molecule has 3 aliphatic heterocycles. The van der Waals surface area contributed by atoms with Crippen molar-refractivity contribution < 1.29 is 23.9 Å². The number of aryl methyl sites for hydroxylation is 1. The number of Topliss-reactive ketones (excluding diaryl/α,β-unsaturated/α-hetero) is 1. The summed E-state index contributed by atoms with van der Waals surface area (Å²) < 4.78 is 13.8. The Hall–Kier alpha value is -5.03. The Bertz CT molecular complexity index is 1980. The van der Waals surface area contributed by atoms with Gasteiger partial charge in [-0.05, 0) is 78.9 Å². The summed E-state index contributed by atoms with van der Waals surface area (Å²) in [5.41, 5.74) is 3.04. The largest absolute Gasteiger partial charge is 0.493 e. The van der Waals surface area contributed by atoms with E-state index >= 15 is 0 Å². The van der Waals surface area contributed by atoms with Gasteiger partial charge in [0.15, 0.2) is 11.5 Å². The number of aromatic nitrogens is 2. The molecule has 0 saturated carbocycles. The van der Waals surface area contributed by atoms with Crippen LogP contribution < -0.4 is 19.9 Å². The fourth-order valence-electron chi connectivity index (χ4n) is 7.52. The lowest BCUT2D eigenvalue weighted by atomic mass is 9.94. The Morgan fingerprint density at radius 1 is 0.900 bits per heavy atom. The lowest BCUT2D eigenvalue weighted by molar-refractivity contribution is -0.128. The molecule has 4 aromatic rings. The Labute approximate surface area is 291 Å². The highest BCUT2D eigenvalue weighted by Crippen LogP contribution is 2.36. The molecular weight excluding hydrogens is 634 g/mol. The molecule has 11 nitrogen and oxygen atoms in total. The summed E-state index contributed by atoms with van der Waals surface area (Å²) in [5.74, 6) is 1.66. The van der Waals surface area contributed by atoms with Crippen molar-refractivity contribution in [1.82, 2.24) is 19.4 Å². The lowest BCUT2D eigenvalue weighted by Crippen LogP contribution is -2.44. The number of fused-ring (bicyclic) bond motifs is 1. The summed E-state index contributed by atoms with van der Waals surface area (Å²) in [5, 5.41) is 1.42. The second kappa shape index (κ2) is 14.4. The van der Waals surface area contributed by atoms with Gasteiger partial charge in [-0.2, -0.15) is 0 Å². The van der Waals surface area contributed by atoms with Crippen LogP contribution in [-0.4, -0.2) is 89.4 Å². The molecule has 3 saturated heterocycles. The van der Waals surface area contributed by atoms with Crippen LogP contribution in [0.4, 0.5) is 5.69 Å². The molecule has 2 amide bonds. The average molecular weight is 678 g/mol. The zero-order valence-corrected chi connectivity index (χ0v) is 28.7. The van der Waals surface area contributed by atoms with Gasteiger partial charge in [-0.3, -0.25) is 24.2 Å². The van der Waals surface area contributed by atoms with E-state index in [-0.39, 0.29) is 35.7 Å². The Morgan fingerprint density at radius 3 is 2.46 bits per heavy atom. The van der Waals surface area contributed by atoms with E-state index in [9.17, 15) is 19.2 Å². The number of nitrogens with zero attached hydrogens (tertiary/aromatic N) is 5.